The van der Waals surface area contributed by atoms with Crippen molar-refractivity contribution in [1.29, 1.82) is 0 Å². The molecule has 2 saturated heterocycles. The maximum absolute atomic E-state index is 12.5. The van der Waals surface area contributed by atoms with Gasteiger partial charge in [0.05, 0.1) is 19.3 Å². The SMILES string of the molecule is COC1C(OP(=O)(O)OC[C@H]2O[C@@H](N=CN)C(O)C2O)[C@@H](CO[P+](=O)O)O[C@H]1N=CN. The molecule has 0 aromatic heterocycles. The van der Waals surface area contributed by atoms with Gasteiger partial charge >= 0.3 is 16.1 Å². The van der Waals surface area contributed by atoms with Crippen LogP contribution in [0.2, 0.25) is 0 Å². The fourth-order valence-electron chi connectivity index (χ4n) is 2.99. The Kier molecular flexibility index (Phi) is 9.82. The van der Waals surface area contributed by atoms with Gasteiger partial charge in [0, 0.05) is 11.7 Å². The molecule has 8 N–H and O–H groups in total. The number of hydrogen-bond acceptors (Lipinski definition) is 12. The van der Waals surface area contributed by atoms with E-state index in [1.54, 1.807) is 0 Å². The van der Waals surface area contributed by atoms with Gasteiger partial charge in [-0.1, -0.05) is 0 Å². The first-order valence-electron chi connectivity index (χ1n) is 8.75. The summed E-state index contributed by atoms with van der Waals surface area (Å²) in [6, 6.07) is 0. The van der Waals surface area contributed by atoms with E-state index in [1.807, 2.05) is 0 Å². The lowest BCUT2D eigenvalue weighted by Crippen LogP contribution is -2.38. The van der Waals surface area contributed by atoms with Crippen molar-refractivity contribution in [3.05, 3.63) is 0 Å². The molecule has 2 rings (SSSR count). The molecule has 10 atom stereocenters. The second-order valence-corrected chi connectivity index (χ2v) is 8.42. The van der Waals surface area contributed by atoms with E-state index < -0.39 is 78.4 Å². The Morgan fingerprint density at radius 1 is 1.06 bits per heavy atom. The van der Waals surface area contributed by atoms with E-state index in [2.05, 4.69) is 14.5 Å². The van der Waals surface area contributed by atoms with Gasteiger partial charge in [-0.05, 0) is 0 Å². The quantitative estimate of drug-likeness (QED) is 0.0979. The molecule has 2 fully saturated rings. The van der Waals surface area contributed by atoms with E-state index >= 15 is 0 Å². The van der Waals surface area contributed by atoms with Crippen LogP contribution in [0.4, 0.5) is 0 Å². The summed E-state index contributed by atoms with van der Waals surface area (Å²) in [5.74, 6) is 0. The van der Waals surface area contributed by atoms with Crippen LogP contribution < -0.4 is 11.5 Å². The van der Waals surface area contributed by atoms with Crippen molar-refractivity contribution < 1.29 is 56.9 Å². The van der Waals surface area contributed by atoms with Crippen LogP contribution in [0.15, 0.2) is 9.98 Å². The summed E-state index contributed by atoms with van der Waals surface area (Å²) in [5, 5.41) is 19.8. The maximum atomic E-state index is 12.5. The molecule has 2 aliphatic rings. The summed E-state index contributed by atoms with van der Waals surface area (Å²) in [6.45, 7) is -1.15. The number of aliphatic imine (C=N–C) groups is 2. The topological polar surface area (TPSA) is 247 Å². The van der Waals surface area contributed by atoms with Crippen LogP contribution in [0.5, 0.6) is 0 Å². The minimum Gasteiger partial charge on any atom is -0.390 e. The standard InChI is InChI=1S/C13H24N4O12P2/c1-24-11-10(7(2-25-30(20)21)28-13(11)17-5-15)29-31(22,23)26-3-6-8(18)9(19)12(27-6)16-4-14/h4-13,18-19H,2-3H2,1H3,(H5-,14,15,16,17,20,21,22,23)/p+1/t6-,7-,8?,9?,10?,11?,12-,13-/m1/s1. The number of rotatable bonds is 11. The van der Waals surface area contributed by atoms with E-state index in [9.17, 15) is 24.2 Å². The zero-order valence-electron chi connectivity index (χ0n) is 16.2. The van der Waals surface area contributed by atoms with Crippen LogP contribution >= 0.6 is 16.1 Å². The van der Waals surface area contributed by atoms with E-state index in [0.717, 1.165) is 12.7 Å². The first-order valence-corrected chi connectivity index (χ1v) is 11.4. The lowest BCUT2D eigenvalue weighted by atomic mass is 10.1. The van der Waals surface area contributed by atoms with Gasteiger partial charge in [0.1, 0.15) is 43.2 Å². The average Bonchev–Trinajstić information content (AvgIpc) is 3.16. The largest absolute Gasteiger partial charge is 0.694 e. The molecule has 31 heavy (non-hydrogen) atoms. The minimum absolute atomic E-state index is 0.498. The van der Waals surface area contributed by atoms with Crippen molar-refractivity contribution in [1.82, 2.24) is 0 Å². The van der Waals surface area contributed by atoms with Crippen LogP contribution in [0.25, 0.3) is 0 Å². The summed E-state index contributed by atoms with van der Waals surface area (Å²) in [4.78, 5) is 26.4. The number of ether oxygens (including phenoxy) is 3. The Morgan fingerprint density at radius 3 is 2.26 bits per heavy atom. The van der Waals surface area contributed by atoms with Crippen LogP contribution in [0, 0.1) is 0 Å². The Morgan fingerprint density at radius 2 is 1.68 bits per heavy atom. The molecule has 0 aromatic carbocycles. The third-order valence-electron chi connectivity index (χ3n) is 4.37. The molecule has 0 amide bonds. The minimum atomic E-state index is -4.83. The molecular formula is C13H25N4O12P2+. The van der Waals surface area contributed by atoms with Crippen molar-refractivity contribution >= 4 is 28.8 Å². The van der Waals surface area contributed by atoms with Crippen LogP contribution in [-0.2, 0) is 36.9 Å². The molecule has 0 saturated carbocycles. The number of aliphatic hydroxyl groups is 2. The number of aliphatic hydroxyl groups excluding tert-OH is 2. The second kappa shape index (κ2) is 11.7. The lowest BCUT2D eigenvalue weighted by Gasteiger charge is -2.24. The fraction of sp³-hybridized carbons (Fsp3) is 0.846. The molecule has 2 heterocycles. The predicted octanol–water partition coefficient (Wildman–Crippen LogP) is -2.68. The molecule has 2 aliphatic heterocycles. The summed E-state index contributed by atoms with van der Waals surface area (Å²) < 4.78 is 53.8. The number of hydrogen-bond donors (Lipinski definition) is 6. The number of nitrogens with zero attached hydrogens (tertiary/aromatic N) is 2. The fourth-order valence-corrected chi connectivity index (χ4v) is 4.22. The maximum Gasteiger partial charge on any atom is 0.694 e. The van der Waals surface area contributed by atoms with E-state index in [-0.39, 0.29) is 0 Å². The van der Waals surface area contributed by atoms with Crippen molar-refractivity contribution in [3.63, 3.8) is 0 Å². The van der Waals surface area contributed by atoms with Crippen LogP contribution in [-0.4, -0.2) is 102 Å². The van der Waals surface area contributed by atoms with E-state index in [0.29, 0.717) is 0 Å². The third-order valence-corrected chi connectivity index (χ3v) is 5.72. The van der Waals surface area contributed by atoms with Crippen molar-refractivity contribution in [2.45, 2.75) is 49.1 Å². The van der Waals surface area contributed by atoms with Gasteiger partial charge in [0.15, 0.2) is 12.5 Å². The molecular weight excluding hydrogens is 466 g/mol. The van der Waals surface area contributed by atoms with Gasteiger partial charge in [0.25, 0.3) is 0 Å². The van der Waals surface area contributed by atoms with Gasteiger partial charge in [0.2, 0.25) is 0 Å². The molecule has 0 radical (unpaired) electrons. The van der Waals surface area contributed by atoms with Gasteiger partial charge in [-0.2, -0.15) is 0 Å². The summed E-state index contributed by atoms with van der Waals surface area (Å²) >= 11 is 0. The highest BCUT2D eigenvalue weighted by Crippen LogP contribution is 2.48. The molecule has 178 valence electrons. The number of methoxy groups -OCH3 is 1. The normalized spacial score (nSPS) is 38.8. The highest BCUT2D eigenvalue weighted by Gasteiger charge is 2.51. The van der Waals surface area contributed by atoms with Gasteiger partial charge in [-0.15, -0.1) is 9.42 Å². The monoisotopic (exact) mass is 491 g/mol. The Bertz CT molecular complexity index is 714. The van der Waals surface area contributed by atoms with Crippen molar-refractivity contribution in [2.75, 3.05) is 20.3 Å². The lowest BCUT2D eigenvalue weighted by molar-refractivity contribution is -0.0395. The summed E-state index contributed by atoms with van der Waals surface area (Å²) in [7, 11) is -6.55. The molecule has 0 aromatic rings. The van der Waals surface area contributed by atoms with Crippen molar-refractivity contribution in [3.8, 4) is 0 Å². The number of nitrogens with two attached hydrogens (primary N) is 2. The Hall–Kier alpha value is -1.13. The van der Waals surface area contributed by atoms with Crippen LogP contribution in [0.3, 0.4) is 0 Å². The second-order valence-electron chi connectivity index (χ2n) is 6.28. The Balaban J connectivity index is 2.05. The average molecular weight is 491 g/mol. The first-order chi connectivity index (χ1) is 14.6. The zero-order chi connectivity index (χ0) is 23.2. The molecule has 0 aliphatic carbocycles. The highest BCUT2D eigenvalue weighted by molar-refractivity contribution is 7.47. The van der Waals surface area contributed by atoms with Crippen LogP contribution in [0.1, 0.15) is 0 Å². The Labute approximate surface area is 177 Å². The molecule has 0 spiro atoms. The van der Waals surface area contributed by atoms with Crippen molar-refractivity contribution in [2.24, 2.45) is 21.5 Å². The molecule has 16 nitrogen and oxygen atoms in total. The first kappa shape index (κ1) is 26.1. The molecule has 0 bridgehead atoms. The predicted molar refractivity (Wildman–Crippen MR) is 102 cm³/mol. The van der Waals surface area contributed by atoms with E-state index in [4.69, 9.17) is 39.6 Å². The third kappa shape index (κ3) is 6.92. The molecule has 6 unspecified atom stereocenters. The summed E-state index contributed by atoms with van der Waals surface area (Å²) in [6.07, 6.45) is -8.07. The number of phosphoric acid groups is 1. The van der Waals surface area contributed by atoms with Gasteiger partial charge in [-0.25, -0.2) is 14.5 Å². The van der Waals surface area contributed by atoms with E-state index in [1.165, 1.54) is 7.11 Å². The molecule has 18 heteroatoms. The highest BCUT2D eigenvalue weighted by atomic mass is 31.2. The smallest absolute Gasteiger partial charge is 0.390 e. The van der Waals surface area contributed by atoms with Gasteiger partial charge in [-0.3, -0.25) is 9.05 Å². The number of phosphoric ester groups is 1. The zero-order valence-corrected chi connectivity index (χ0v) is 18.0. The summed E-state index contributed by atoms with van der Waals surface area (Å²) in [5.41, 5.74) is 10.4. The van der Waals surface area contributed by atoms with Gasteiger partial charge < -0.3 is 40.8 Å².